The lowest BCUT2D eigenvalue weighted by Crippen LogP contribution is -2.29. The standard InChI is InChI=1S/C24H26N2O2/c27-24(28)20-9-10-22-21(17-25-23(22)16-20)8-4-5-13-26-14-11-19(12-15-26)18-6-2-1-3-7-18/h1-3,6-7,9-11,16-17,25H,4-5,8,12-15H2,(H,27,28). The first-order valence-corrected chi connectivity index (χ1v) is 10.0. The van der Waals surface area contributed by atoms with Crippen LogP contribution in [0.5, 0.6) is 0 Å². The zero-order valence-corrected chi connectivity index (χ0v) is 16.0. The Morgan fingerprint density at radius 1 is 1.11 bits per heavy atom. The fourth-order valence-electron chi connectivity index (χ4n) is 4.01. The number of benzene rings is 2. The molecule has 4 rings (SSSR count). The zero-order valence-electron chi connectivity index (χ0n) is 16.0. The first kappa shape index (κ1) is 18.5. The van der Waals surface area contributed by atoms with Crippen molar-refractivity contribution in [1.82, 2.24) is 9.88 Å². The van der Waals surface area contributed by atoms with E-state index in [9.17, 15) is 4.79 Å². The van der Waals surface area contributed by atoms with Crippen LogP contribution in [-0.4, -0.2) is 40.6 Å². The molecule has 2 heterocycles. The summed E-state index contributed by atoms with van der Waals surface area (Å²) >= 11 is 0. The van der Waals surface area contributed by atoms with Gasteiger partial charge in [-0.05, 0) is 61.1 Å². The highest BCUT2D eigenvalue weighted by Crippen LogP contribution is 2.23. The number of hydrogen-bond acceptors (Lipinski definition) is 2. The Morgan fingerprint density at radius 3 is 2.71 bits per heavy atom. The number of hydrogen-bond donors (Lipinski definition) is 2. The Morgan fingerprint density at radius 2 is 1.96 bits per heavy atom. The van der Waals surface area contributed by atoms with Gasteiger partial charge in [-0.3, -0.25) is 4.90 Å². The Kier molecular flexibility index (Phi) is 5.58. The monoisotopic (exact) mass is 374 g/mol. The Bertz CT molecular complexity index is 988. The summed E-state index contributed by atoms with van der Waals surface area (Å²) in [4.78, 5) is 16.8. The van der Waals surface area contributed by atoms with Crippen molar-refractivity contribution in [2.75, 3.05) is 19.6 Å². The summed E-state index contributed by atoms with van der Waals surface area (Å²) in [6.45, 7) is 3.30. The topological polar surface area (TPSA) is 56.3 Å². The van der Waals surface area contributed by atoms with Gasteiger partial charge in [-0.15, -0.1) is 0 Å². The zero-order chi connectivity index (χ0) is 19.3. The molecule has 4 nitrogen and oxygen atoms in total. The summed E-state index contributed by atoms with van der Waals surface area (Å²) in [5, 5.41) is 10.2. The van der Waals surface area contributed by atoms with Crippen LogP contribution in [0.1, 0.15) is 40.7 Å². The number of carbonyl (C=O) groups is 1. The number of aromatic carboxylic acids is 1. The smallest absolute Gasteiger partial charge is 0.335 e. The minimum Gasteiger partial charge on any atom is -0.478 e. The summed E-state index contributed by atoms with van der Waals surface area (Å²) in [5.41, 5.74) is 5.33. The van der Waals surface area contributed by atoms with E-state index in [1.54, 1.807) is 12.1 Å². The van der Waals surface area contributed by atoms with Crippen LogP contribution >= 0.6 is 0 Å². The maximum absolute atomic E-state index is 11.1. The maximum Gasteiger partial charge on any atom is 0.335 e. The van der Waals surface area contributed by atoms with Crippen molar-refractivity contribution in [3.05, 3.63) is 77.5 Å². The lowest BCUT2D eigenvalue weighted by Gasteiger charge is -2.26. The third-order valence-electron chi connectivity index (χ3n) is 5.62. The average Bonchev–Trinajstić information content (AvgIpc) is 3.14. The highest BCUT2D eigenvalue weighted by molar-refractivity contribution is 5.94. The molecule has 0 saturated carbocycles. The number of fused-ring (bicyclic) bond motifs is 1. The summed E-state index contributed by atoms with van der Waals surface area (Å²) in [6.07, 6.45) is 8.85. The molecule has 0 bridgehead atoms. The van der Waals surface area contributed by atoms with E-state index >= 15 is 0 Å². The number of aryl methyl sites for hydroxylation is 1. The van der Waals surface area contributed by atoms with Crippen LogP contribution in [0.15, 0.2) is 60.8 Å². The van der Waals surface area contributed by atoms with Crippen molar-refractivity contribution in [3.8, 4) is 0 Å². The fraction of sp³-hybridized carbons (Fsp3) is 0.292. The number of aromatic nitrogens is 1. The Balaban J connectivity index is 1.26. The molecular weight excluding hydrogens is 348 g/mol. The second-order valence-electron chi connectivity index (χ2n) is 7.48. The van der Waals surface area contributed by atoms with E-state index in [0.29, 0.717) is 5.56 Å². The molecule has 144 valence electrons. The van der Waals surface area contributed by atoms with Gasteiger partial charge in [-0.1, -0.05) is 42.5 Å². The van der Waals surface area contributed by atoms with E-state index < -0.39 is 5.97 Å². The molecule has 3 aromatic rings. The number of H-pyrrole nitrogens is 1. The lowest BCUT2D eigenvalue weighted by atomic mass is 9.99. The van der Waals surface area contributed by atoms with E-state index in [1.807, 2.05) is 12.3 Å². The van der Waals surface area contributed by atoms with Gasteiger partial charge in [0.1, 0.15) is 0 Å². The molecule has 0 saturated heterocycles. The number of nitrogens with zero attached hydrogens (tertiary/aromatic N) is 1. The number of carboxylic acid groups (broad SMARTS) is 1. The third-order valence-corrected chi connectivity index (χ3v) is 5.62. The minimum atomic E-state index is -0.885. The largest absolute Gasteiger partial charge is 0.478 e. The van der Waals surface area contributed by atoms with Crippen molar-refractivity contribution in [3.63, 3.8) is 0 Å². The van der Waals surface area contributed by atoms with Crippen LogP contribution in [0.25, 0.3) is 16.5 Å². The molecule has 0 unspecified atom stereocenters. The SMILES string of the molecule is O=C(O)c1ccc2c(CCCCN3CC=C(c4ccccc4)CC3)c[nH]c2c1. The van der Waals surface area contributed by atoms with Crippen molar-refractivity contribution in [2.24, 2.45) is 0 Å². The highest BCUT2D eigenvalue weighted by Gasteiger charge is 2.13. The molecule has 4 heteroatoms. The highest BCUT2D eigenvalue weighted by atomic mass is 16.4. The molecule has 0 atom stereocenters. The summed E-state index contributed by atoms with van der Waals surface area (Å²) in [5.74, 6) is -0.885. The Hall–Kier alpha value is -2.85. The van der Waals surface area contributed by atoms with Gasteiger partial charge in [0.15, 0.2) is 0 Å². The number of unbranched alkanes of at least 4 members (excludes halogenated alkanes) is 1. The molecule has 28 heavy (non-hydrogen) atoms. The van der Waals surface area contributed by atoms with Crippen molar-refractivity contribution in [1.29, 1.82) is 0 Å². The van der Waals surface area contributed by atoms with E-state index in [1.165, 1.54) is 23.1 Å². The van der Waals surface area contributed by atoms with Gasteiger partial charge in [0.25, 0.3) is 0 Å². The van der Waals surface area contributed by atoms with E-state index in [2.05, 4.69) is 46.3 Å². The average molecular weight is 374 g/mol. The molecule has 0 radical (unpaired) electrons. The van der Waals surface area contributed by atoms with E-state index in [4.69, 9.17) is 5.11 Å². The molecule has 0 amide bonds. The van der Waals surface area contributed by atoms with Crippen molar-refractivity contribution >= 4 is 22.4 Å². The quantitative estimate of drug-likeness (QED) is 0.574. The number of nitrogens with one attached hydrogen (secondary N) is 1. The fourth-order valence-corrected chi connectivity index (χ4v) is 4.01. The number of aromatic amines is 1. The van der Waals surface area contributed by atoms with E-state index in [0.717, 1.165) is 49.8 Å². The van der Waals surface area contributed by atoms with Gasteiger partial charge in [0.05, 0.1) is 5.56 Å². The number of rotatable bonds is 7. The minimum absolute atomic E-state index is 0.328. The third kappa shape index (κ3) is 4.18. The predicted molar refractivity (Wildman–Crippen MR) is 114 cm³/mol. The normalized spacial score (nSPS) is 14.9. The van der Waals surface area contributed by atoms with Crippen LogP contribution in [0.3, 0.4) is 0 Å². The molecule has 0 aliphatic carbocycles. The van der Waals surface area contributed by atoms with Crippen LogP contribution in [0.2, 0.25) is 0 Å². The summed E-state index contributed by atoms with van der Waals surface area (Å²) < 4.78 is 0. The van der Waals surface area contributed by atoms with Gasteiger partial charge >= 0.3 is 5.97 Å². The van der Waals surface area contributed by atoms with Gasteiger partial charge in [-0.25, -0.2) is 4.79 Å². The molecular formula is C24H26N2O2. The number of carboxylic acids is 1. The second kappa shape index (κ2) is 8.44. The van der Waals surface area contributed by atoms with Crippen LogP contribution < -0.4 is 0 Å². The summed E-state index contributed by atoms with van der Waals surface area (Å²) in [6, 6.07) is 16.0. The summed E-state index contributed by atoms with van der Waals surface area (Å²) in [7, 11) is 0. The van der Waals surface area contributed by atoms with Crippen molar-refractivity contribution < 1.29 is 9.90 Å². The molecule has 1 aromatic heterocycles. The van der Waals surface area contributed by atoms with Gasteiger partial charge in [0.2, 0.25) is 0 Å². The van der Waals surface area contributed by atoms with Crippen LogP contribution in [0, 0.1) is 0 Å². The molecule has 1 aliphatic rings. The van der Waals surface area contributed by atoms with E-state index in [-0.39, 0.29) is 0 Å². The van der Waals surface area contributed by atoms with Gasteiger partial charge in [-0.2, -0.15) is 0 Å². The molecule has 2 aromatic carbocycles. The van der Waals surface area contributed by atoms with Crippen LogP contribution in [0.4, 0.5) is 0 Å². The second-order valence-corrected chi connectivity index (χ2v) is 7.48. The predicted octanol–water partition coefficient (Wildman–Crippen LogP) is 4.98. The van der Waals surface area contributed by atoms with Crippen molar-refractivity contribution in [2.45, 2.75) is 25.7 Å². The molecule has 0 spiro atoms. The first-order chi connectivity index (χ1) is 13.7. The van der Waals surface area contributed by atoms with Gasteiger partial charge in [0, 0.05) is 30.2 Å². The molecule has 1 aliphatic heterocycles. The Labute approximate surface area is 165 Å². The lowest BCUT2D eigenvalue weighted by molar-refractivity contribution is 0.0697. The maximum atomic E-state index is 11.1. The van der Waals surface area contributed by atoms with Crippen LogP contribution in [-0.2, 0) is 6.42 Å². The molecule has 2 N–H and O–H groups in total. The molecule has 0 fully saturated rings. The van der Waals surface area contributed by atoms with Gasteiger partial charge < -0.3 is 10.1 Å². The first-order valence-electron chi connectivity index (χ1n) is 10.0.